The van der Waals surface area contributed by atoms with Crippen molar-refractivity contribution in [2.45, 2.75) is 33.0 Å². The third-order valence-electron chi connectivity index (χ3n) is 8.08. The minimum atomic E-state index is -0.393. The molecule has 0 bridgehead atoms. The molecule has 0 aliphatic carbocycles. The molecule has 1 aliphatic heterocycles. The maximum atomic E-state index is 13.7. The highest BCUT2D eigenvalue weighted by Crippen LogP contribution is 2.30. The van der Waals surface area contributed by atoms with Gasteiger partial charge in [-0.1, -0.05) is 54.6 Å². The van der Waals surface area contributed by atoms with Gasteiger partial charge in [-0.3, -0.25) is 14.6 Å². The SMILES string of the molecule is COc1ccc(Cn2nnnc2C(c2cc3c(C)ccc(C)c3[nH]c2=O)N2CCN(Cc3ccccc3)CC2)cc1. The molecule has 2 aromatic heterocycles. The van der Waals surface area contributed by atoms with Crippen LogP contribution in [0.15, 0.2) is 77.6 Å². The number of ether oxygens (including phenoxy) is 1. The molecular weight excluding hydrogens is 514 g/mol. The van der Waals surface area contributed by atoms with Crippen LogP contribution in [0, 0.1) is 13.8 Å². The molecule has 1 saturated heterocycles. The molecule has 0 saturated carbocycles. The van der Waals surface area contributed by atoms with Crippen molar-refractivity contribution in [3.8, 4) is 5.75 Å². The summed E-state index contributed by atoms with van der Waals surface area (Å²) in [4.78, 5) is 21.7. The lowest BCUT2D eigenvalue weighted by atomic mass is 9.99. The van der Waals surface area contributed by atoms with Crippen LogP contribution in [0.2, 0.25) is 0 Å². The van der Waals surface area contributed by atoms with E-state index in [4.69, 9.17) is 4.74 Å². The molecule has 5 aromatic rings. The Labute approximate surface area is 239 Å². The molecule has 0 amide bonds. The lowest BCUT2D eigenvalue weighted by Gasteiger charge is -2.38. The van der Waals surface area contributed by atoms with Gasteiger partial charge in [0.25, 0.3) is 5.56 Å². The molecule has 1 fully saturated rings. The first kappa shape index (κ1) is 26.9. The largest absolute Gasteiger partial charge is 0.497 e. The van der Waals surface area contributed by atoms with Crippen LogP contribution in [0.4, 0.5) is 0 Å². The van der Waals surface area contributed by atoms with Crippen molar-refractivity contribution in [2.24, 2.45) is 0 Å². The molecule has 1 unspecified atom stereocenters. The van der Waals surface area contributed by atoms with Gasteiger partial charge in [-0.05, 0) is 64.7 Å². The van der Waals surface area contributed by atoms with E-state index in [1.165, 1.54) is 5.56 Å². The van der Waals surface area contributed by atoms with Crippen molar-refractivity contribution in [1.82, 2.24) is 35.0 Å². The average molecular weight is 550 g/mol. The van der Waals surface area contributed by atoms with Crippen molar-refractivity contribution in [3.63, 3.8) is 0 Å². The fourth-order valence-corrected chi connectivity index (χ4v) is 5.74. The normalized spacial score (nSPS) is 15.3. The van der Waals surface area contributed by atoms with Crippen molar-refractivity contribution < 1.29 is 4.74 Å². The number of H-pyrrole nitrogens is 1. The van der Waals surface area contributed by atoms with Gasteiger partial charge < -0.3 is 9.72 Å². The maximum absolute atomic E-state index is 13.7. The smallest absolute Gasteiger partial charge is 0.253 e. The number of pyridine rings is 1. The summed E-state index contributed by atoms with van der Waals surface area (Å²) in [6.45, 7) is 8.84. The topological polar surface area (TPSA) is 92.2 Å². The predicted octanol–water partition coefficient (Wildman–Crippen LogP) is 4.10. The number of nitrogens with zero attached hydrogens (tertiary/aromatic N) is 6. The summed E-state index contributed by atoms with van der Waals surface area (Å²) < 4.78 is 7.13. The summed E-state index contributed by atoms with van der Waals surface area (Å²) in [7, 11) is 1.66. The number of benzene rings is 3. The van der Waals surface area contributed by atoms with Crippen LogP contribution < -0.4 is 10.3 Å². The minimum absolute atomic E-state index is 0.109. The fraction of sp³-hybridized carbons (Fsp3) is 0.312. The number of hydrogen-bond acceptors (Lipinski definition) is 7. The fourth-order valence-electron chi connectivity index (χ4n) is 5.74. The van der Waals surface area contributed by atoms with Gasteiger partial charge >= 0.3 is 0 Å². The van der Waals surface area contributed by atoms with Crippen molar-refractivity contribution >= 4 is 10.9 Å². The third-order valence-corrected chi connectivity index (χ3v) is 8.08. The first-order chi connectivity index (χ1) is 20.0. The molecule has 9 heteroatoms. The Balaban J connectivity index is 1.36. The van der Waals surface area contributed by atoms with Gasteiger partial charge in [0.15, 0.2) is 5.82 Å². The monoisotopic (exact) mass is 549 g/mol. The molecule has 1 atom stereocenters. The Morgan fingerprint density at radius 3 is 2.32 bits per heavy atom. The predicted molar refractivity (Wildman–Crippen MR) is 159 cm³/mol. The molecule has 3 aromatic carbocycles. The second-order valence-corrected chi connectivity index (χ2v) is 10.8. The van der Waals surface area contributed by atoms with Crippen LogP contribution >= 0.6 is 0 Å². The van der Waals surface area contributed by atoms with Gasteiger partial charge in [-0.15, -0.1) is 5.10 Å². The number of aromatic nitrogens is 5. The molecule has 3 heterocycles. The van der Waals surface area contributed by atoms with Gasteiger partial charge in [-0.2, -0.15) is 0 Å². The van der Waals surface area contributed by atoms with E-state index in [0.29, 0.717) is 17.9 Å². The number of aryl methyl sites for hydroxylation is 2. The molecule has 210 valence electrons. The number of fused-ring (bicyclic) bond motifs is 1. The zero-order chi connectivity index (χ0) is 28.3. The lowest BCUT2D eigenvalue weighted by Crippen LogP contribution is -2.48. The summed E-state index contributed by atoms with van der Waals surface area (Å²) in [6, 6.07) is 24.2. The van der Waals surface area contributed by atoms with Crippen LogP contribution in [0.3, 0.4) is 0 Å². The standard InChI is InChI=1S/C32H35N7O2/c1-22-9-10-23(2)29-27(22)19-28(32(40)33-29)30(38-17-15-37(16-18-38)20-24-7-5-4-6-8-24)31-34-35-36-39(31)21-25-11-13-26(41-3)14-12-25/h4-14,19,30H,15-18,20-21H2,1-3H3,(H,33,40). The average Bonchev–Trinajstić information content (AvgIpc) is 3.45. The summed E-state index contributed by atoms with van der Waals surface area (Å²) in [5.74, 6) is 1.46. The van der Waals surface area contributed by atoms with Gasteiger partial charge in [0.2, 0.25) is 0 Å². The Kier molecular flexibility index (Phi) is 7.63. The first-order valence-corrected chi connectivity index (χ1v) is 14.0. The van der Waals surface area contributed by atoms with Crippen LogP contribution in [0.1, 0.15) is 39.7 Å². The number of hydrogen-bond donors (Lipinski definition) is 1. The highest BCUT2D eigenvalue weighted by molar-refractivity contribution is 5.85. The van der Waals surface area contributed by atoms with Crippen LogP contribution in [-0.2, 0) is 13.1 Å². The van der Waals surface area contributed by atoms with E-state index in [2.05, 4.69) is 67.6 Å². The van der Waals surface area contributed by atoms with E-state index in [9.17, 15) is 4.79 Å². The molecule has 0 spiro atoms. The summed E-state index contributed by atoms with van der Waals surface area (Å²) in [6.07, 6.45) is 0. The van der Waals surface area contributed by atoms with Gasteiger partial charge in [-0.25, -0.2) is 4.68 Å². The first-order valence-electron chi connectivity index (χ1n) is 14.0. The van der Waals surface area contributed by atoms with Crippen molar-refractivity contribution in [3.05, 3.63) is 117 Å². The second kappa shape index (κ2) is 11.6. The summed E-state index contributed by atoms with van der Waals surface area (Å²) in [5.41, 5.74) is 5.94. The van der Waals surface area contributed by atoms with E-state index in [0.717, 1.165) is 66.1 Å². The highest BCUT2D eigenvalue weighted by Gasteiger charge is 2.33. The zero-order valence-corrected chi connectivity index (χ0v) is 23.7. The Morgan fingerprint density at radius 1 is 0.878 bits per heavy atom. The number of nitrogens with one attached hydrogen (secondary N) is 1. The van der Waals surface area contributed by atoms with Crippen molar-refractivity contribution in [2.75, 3.05) is 33.3 Å². The molecule has 9 nitrogen and oxygen atoms in total. The molecular formula is C32H35N7O2. The molecule has 41 heavy (non-hydrogen) atoms. The number of rotatable bonds is 8. The van der Waals surface area contributed by atoms with Gasteiger partial charge in [0.05, 0.1) is 19.2 Å². The van der Waals surface area contributed by atoms with E-state index >= 15 is 0 Å². The molecule has 1 aliphatic rings. The molecule has 0 radical (unpaired) electrons. The molecule has 1 N–H and O–H groups in total. The molecule has 6 rings (SSSR count). The van der Waals surface area contributed by atoms with Crippen LogP contribution in [0.25, 0.3) is 10.9 Å². The lowest BCUT2D eigenvalue weighted by molar-refractivity contribution is 0.0998. The Hall–Kier alpha value is -4.34. The minimum Gasteiger partial charge on any atom is -0.497 e. The highest BCUT2D eigenvalue weighted by atomic mass is 16.5. The van der Waals surface area contributed by atoms with E-state index in [-0.39, 0.29) is 5.56 Å². The Morgan fingerprint density at radius 2 is 1.59 bits per heavy atom. The summed E-state index contributed by atoms with van der Waals surface area (Å²) in [5, 5.41) is 14.0. The van der Waals surface area contributed by atoms with Gasteiger partial charge in [0.1, 0.15) is 11.8 Å². The third kappa shape index (κ3) is 5.64. The van der Waals surface area contributed by atoms with E-state index < -0.39 is 6.04 Å². The van der Waals surface area contributed by atoms with Crippen LogP contribution in [0.5, 0.6) is 5.75 Å². The van der Waals surface area contributed by atoms with E-state index in [1.807, 2.05) is 54.1 Å². The maximum Gasteiger partial charge on any atom is 0.253 e. The number of aromatic amines is 1. The summed E-state index contributed by atoms with van der Waals surface area (Å²) >= 11 is 0. The van der Waals surface area contributed by atoms with Gasteiger partial charge in [0, 0.05) is 43.7 Å². The zero-order valence-electron chi connectivity index (χ0n) is 23.7. The Bertz CT molecular complexity index is 1690. The second-order valence-electron chi connectivity index (χ2n) is 10.8. The van der Waals surface area contributed by atoms with Crippen LogP contribution in [-0.4, -0.2) is 68.3 Å². The number of piperazine rings is 1. The number of tetrazole rings is 1. The quantitative estimate of drug-likeness (QED) is 0.312. The van der Waals surface area contributed by atoms with Crippen molar-refractivity contribution in [1.29, 1.82) is 0 Å². The number of methoxy groups -OCH3 is 1. The van der Waals surface area contributed by atoms with E-state index in [1.54, 1.807) is 7.11 Å².